The Hall–Kier alpha value is -2.30. The molecule has 2 aromatic rings. The van der Waals surface area contributed by atoms with Crippen LogP contribution in [0.5, 0.6) is 5.88 Å². The van der Waals surface area contributed by atoms with Crippen LogP contribution in [0.15, 0.2) is 33.9 Å². The Bertz CT molecular complexity index is 742. The van der Waals surface area contributed by atoms with Crippen LogP contribution in [0.2, 0.25) is 0 Å². The molecule has 0 saturated heterocycles. The number of nitrogens with zero attached hydrogens (tertiary/aromatic N) is 1. The number of hydrogen-bond acceptors (Lipinski definition) is 3. The second-order valence-electron chi connectivity index (χ2n) is 4.96. The highest BCUT2D eigenvalue weighted by Crippen LogP contribution is 2.25. The first-order valence-electron chi connectivity index (χ1n) is 6.63. The number of rotatable bonds is 3. The van der Waals surface area contributed by atoms with Gasteiger partial charge in [0.15, 0.2) is 0 Å². The Morgan fingerprint density at radius 1 is 1.25 bits per heavy atom. The number of aromatic amines is 1. The maximum absolute atomic E-state index is 12.1. The van der Waals surface area contributed by atoms with Gasteiger partial charge in [0.2, 0.25) is 5.88 Å². The molecular formula is C15H18N2O3. The standard InChI is InChI=1S/C15H18N2O3/c1-4-10-13(18)16-15(20)17(14(10)19)12-8-6-5-7-11(12)9(2)3/h5-9,19H,4H2,1-3H3,(H,16,18,20). The average Bonchev–Trinajstić information content (AvgIpc) is 2.39. The summed E-state index contributed by atoms with van der Waals surface area (Å²) in [6, 6.07) is 7.34. The van der Waals surface area contributed by atoms with E-state index < -0.39 is 11.2 Å². The third kappa shape index (κ3) is 2.27. The van der Waals surface area contributed by atoms with Gasteiger partial charge in [-0.2, -0.15) is 0 Å². The van der Waals surface area contributed by atoms with E-state index in [4.69, 9.17) is 0 Å². The Labute approximate surface area is 116 Å². The van der Waals surface area contributed by atoms with Gasteiger partial charge in [0.25, 0.3) is 5.56 Å². The predicted octanol–water partition coefficient (Wildman–Crippen LogP) is 1.92. The minimum Gasteiger partial charge on any atom is -0.494 e. The maximum atomic E-state index is 12.1. The molecule has 1 aromatic heterocycles. The van der Waals surface area contributed by atoms with Gasteiger partial charge in [0.05, 0.1) is 11.3 Å². The smallest absolute Gasteiger partial charge is 0.335 e. The summed E-state index contributed by atoms with van der Waals surface area (Å²) in [7, 11) is 0. The number of aromatic hydroxyl groups is 1. The zero-order valence-corrected chi connectivity index (χ0v) is 11.8. The lowest BCUT2D eigenvalue weighted by Gasteiger charge is -2.16. The molecule has 0 aliphatic heterocycles. The third-order valence-electron chi connectivity index (χ3n) is 3.33. The van der Waals surface area contributed by atoms with Crippen LogP contribution >= 0.6 is 0 Å². The van der Waals surface area contributed by atoms with E-state index >= 15 is 0 Å². The van der Waals surface area contributed by atoms with Crippen molar-refractivity contribution in [3.05, 3.63) is 56.2 Å². The van der Waals surface area contributed by atoms with Crippen LogP contribution < -0.4 is 11.2 Å². The molecule has 0 amide bonds. The SMILES string of the molecule is CCc1c(O)n(-c2ccccc2C(C)C)c(=O)[nH]c1=O. The van der Waals surface area contributed by atoms with E-state index in [1.54, 1.807) is 19.1 Å². The van der Waals surface area contributed by atoms with Crippen molar-refractivity contribution >= 4 is 0 Å². The molecule has 5 nitrogen and oxygen atoms in total. The zero-order chi connectivity index (χ0) is 14.9. The number of aromatic nitrogens is 2. The van der Waals surface area contributed by atoms with E-state index in [2.05, 4.69) is 4.98 Å². The summed E-state index contributed by atoms with van der Waals surface area (Å²) in [5, 5.41) is 10.3. The van der Waals surface area contributed by atoms with E-state index in [1.165, 1.54) is 0 Å². The van der Waals surface area contributed by atoms with Crippen LogP contribution in [0.25, 0.3) is 5.69 Å². The Morgan fingerprint density at radius 3 is 2.50 bits per heavy atom. The van der Waals surface area contributed by atoms with Gasteiger partial charge in [0.1, 0.15) is 0 Å². The number of H-pyrrole nitrogens is 1. The molecule has 2 N–H and O–H groups in total. The molecule has 1 aromatic carbocycles. The molecule has 0 fully saturated rings. The minimum atomic E-state index is -0.627. The van der Waals surface area contributed by atoms with Crippen molar-refractivity contribution in [1.82, 2.24) is 9.55 Å². The van der Waals surface area contributed by atoms with Crippen molar-refractivity contribution < 1.29 is 5.11 Å². The minimum absolute atomic E-state index is 0.189. The molecule has 0 spiro atoms. The number of benzene rings is 1. The molecular weight excluding hydrogens is 256 g/mol. The monoisotopic (exact) mass is 274 g/mol. The van der Waals surface area contributed by atoms with Gasteiger partial charge in [-0.15, -0.1) is 0 Å². The van der Waals surface area contributed by atoms with Crippen LogP contribution in [0, 0.1) is 0 Å². The molecule has 20 heavy (non-hydrogen) atoms. The number of hydrogen-bond donors (Lipinski definition) is 2. The lowest BCUT2D eigenvalue weighted by Crippen LogP contribution is -2.31. The lowest BCUT2D eigenvalue weighted by atomic mass is 10.0. The molecule has 5 heteroatoms. The van der Waals surface area contributed by atoms with Crippen molar-refractivity contribution in [2.75, 3.05) is 0 Å². The summed E-state index contributed by atoms with van der Waals surface area (Å²) < 4.78 is 1.16. The summed E-state index contributed by atoms with van der Waals surface area (Å²) in [4.78, 5) is 26.0. The lowest BCUT2D eigenvalue weighted by molar-refractivity contribution is 0.423. The predicted molar refractivity (Wildman–Crippen MR) is 77.8 cm³/mol. The Balaban J connectivity index is 2.84. The fourth-order valence-electron chi connectivity index (χ4n) is 2.28. The molecule has 0 unspecified atom stereocenters. The molecule has 0 aliphatic rings. The molecule has 0 radical (unpaired) electrons. The first-order valence-corrected chi connectivity index (χ1v) is 6.63. The largest absolute Gasteiger partial charge is 0.494 e. The van der Waals surface area contributed by atoms with Crippen LogP contribution in [-0.2, 0) is 6.42 Å². The highest BCUT2D eigenvalue weighted by Gasteiger charge is 2.17. The van der Waals surface area contributed by atoms with Gasteiger partial charge in [-0.05, 0) is 24.0 Å². The molecule has 0 aliphatic carbocycles. The fourth-order valence-corrected chi connectivity index (χ4v) is 2.28. The summed E-state index contributed by atoms with van der Waals surface area (Å²) in [6.45, 7) is 5.77. The summed E-state index contributed by atoms with van der Waals surface area (Å²) in [5.74, 6) is -0.0937. The van der Waals surface area contributed by atoms with Crippen molar-refractivity contribution in [2.24, 2.45) is 0 Å². The van der Waals surface area contributed by atoms with Crippen LogP contribution in [-0.4, -0.2) is 14.7 Å². The van der Waals surface area contributed by atoms with Crippen molar-refractivity contribution in [3.8, 4) is 11.6 Å². The molecule has 1 heterocycles. The average molecular weight is 274 g/mol. The van der Waals surface area contributed by atoms with E-state index in [9.17, 15) is 14.7 Å². The van der Waals surface area contributed by atoms with Crippen LogP contribution in [0.1, 0.15) is 37.8 Å². The molecule has 0 bridgehead atoms. The van der Waals surface area contributed by atoms with E-state index in [1.807, 2.05) is 26.0 Å². The van der Waals surface area contributed by atoms with E-state index in [0.29, 0.717) is 12.1 Å². The van der Waals surface area contributed by atoms with Gasteiger partial charge in [-0.1, -0.05) is 39.0 Å². The van der Waals surface area contributed by atoms with Crippen molar-refractivity contribution in [3.63, 3.8) is 0 Å². The first kappa shape index (κ1) is 14.1. The second kappa shape index (κ2) is 5.36. The normalized spacial score (nSPS) is 11.0. The summed E-state index contributed by atoms with van der Waals surface area (Å²) >= 11 is 0. The first-order chi connectivity index (χ1) is 9.47. The van der Waals surface area contributed by atoms with Gasteiger partial charge in [-0.3, -0.25) is 9.78 Å². The molecule has 2 rings (SSSR count). The molecule has 0 saturated carbocycles. The third-order valence-corrected chi connectivity index (χ3v) is 3.33. The van der Waals surface area contributed by atoms with Gasteiger partial charge >= 0.3 is 5.69 Å². The quantitative estimate of drug-likeness (QED) is 0.897. The highest BCUT2D eigenvalue weighted by molar-refractivity contribution is 5.46. The van der Waals surface area contributed by atoms with E-state index in [0.717, 1.165) is 10.1 Å². The Morgan fingerprint density at radius 2 is 1.90 bits per heavy atom. The van der Waals surface area contributed by atoms with E-state index in [-0.39, 0.29) is 17.4 Å². The van der Waals surface area contributed by atoms with Crippen molar-refractivity contribution in [1.29, 1.82) is 0 Å². The van der Waals surface area contributed by atoms with Crippen LogP contribution in [0.3, 0.4) is 0 Å². The van der Waals surface area contributed by atoms with Gasteiger partial charge in [-0.25, -0.2) is 9.36 Å². The highest BCUT2D eigenvalue weighted by atomic mass is 16.3. The topological polar surface area (TPSA) is 75.1 Å². The zero-order valence-electron chi connectivity index (χ0n) is 11.8. The summed E-state index contributed by atoms with van der Waals surface area (Å²) in [5.41, 5.74) is 0.573. The fraction of sp³-hybridized carbons (Fsp3) is 0.333. The molecule has 106 valence electrons. The van der Waals surface area contributed by atoms with Crippen LogP contribution in [0.4, 0.5) is 0 Å². The molecule has 0 atom stereocenters. The number of nitrogens with one attached hydrogen (secondary N) is 1. The van der Waals surface area contributed by atoms with Crippen molar-refractivity contribution in [2.45, 2.75) is 33.1 Å². The Kier molecular flexibility index (Phi) is 3.79. The maximum Gasteiger partial charge on any atom is 0.335 e. The second-order valence-corrected chi connectivity index (χ2v) is 4.96. The summed E-state index contributed by atoms with van der Waals surface area (Å²) in [6.07, 6.45) is 0.352. The van der Waals surface area contributed by atoms with Gasteiger partial charge < -0.3 is 5.11 Å². The number of para-hydroxylation sites is 1. The van der Waals surface area contributed by atoms with Gasteiger partial charge in [0, 0.05) is 0 Å².